The minimum atomic E-state index is 0.536. The van der Waals surface area contributed by atoms with Crippen LogP contribution in [0.15, 0.2) is 0 Å². The van der Waals surface area contributed by atoms with Gasteiger partial charge in [-0.2, -0.15) is 5.10 Å². The average Bonchev–Trinajstić information content (AvgIpc) is 2.60. The summed E-state index contributed by atoms with van der Waals surface area (Å²) in [6.07, 6.45) is 6.45. The molecule has 0 spiro atoms. The molecule has 1 saturated heterocycles. The van der Waals surface area contributed by atoms with Gasteiger partial charge < -0.3 is 5.32 Å². The smallest absolute Gasteiger partial charge is 0.155 e. The van der Waals surface area contributed by atoms with Crippen LogP contribution in [0.25, 0.3) is 0 Å². The molecule has 2 heterocycles. The van der Waals surface area contributed by atoms with Crippen LogP contribution in [-0.4, -0.2) is 27.9 Å². The summed E-state index contributed by atoms with van der Waals surface area (Å²) in [6, 6.07) is 0. The third-order valence-corrected chi connectivity index (χ3v) is 3.95. The Balaban J connectivity index is 1.79. The minimum Gasteiger partial charge on any atom is -0.316 e. The molecule has 1 aromatic rings. The normalized spacial score (nSPS) is 26.7. The van der Waals surface area contributed by atoms with Gasteiger partial charge in [0.15, 0.2) is 5.82 Å². The number of hydrogen-bond acceptors (Lipinski definition) is 3. The van der Waals surface area contributed by atoms with Crippen molar-refractivity contribution in [3.63, 3.8) is 0 Å². The number of aromatic nitrogens is 3. The van der Waals surface area contributed by atoms with Crippen LogP contribution in [0.3, 0.4) is 0 Å². The first-order valence-electron chi connectivity index (χ1n) is 6.46. The lowest BCUT2D eigenvalue weighted by molar-refractivity contribution is 0.388. The Kier molecular flexibility index (Phi) is 2.67. The Morgan fingerprint density at radius 1 is 1.19 bits per heavy atom. The lowest BCUT2D eigenvalue weighted by Gasteiger charge is -2.23. The van der Waals surface area contributed by atoms with Crippen LogP contribution < -0.4 is 5.32 Å². The summed E-state index contributed by atoms with van der Waals surface area (Å²) in [6.45, 7) is 2.20. The minimum absolute atomic E-state index is 0.536. The van der Waals surface area contributed by atoms with Gasteiger partial charge in [0.1, 0.15) is 5.82 Å². The predicted molar refractivity (Wildman–Crippen MR) is 62.4 cm³/mol. The van der Waals surface area contributed by atoms with Crippen molar-refractivity contribution in [2.24, 2.45) is 7.05 Å². The van der Waals surface area contributed by atoms with E-state index in [0.29, 0.717) is 11.8 Å². The van der Waals surface area contributed by atoms with E-state index in [1.54, 1.807) is 0 Å². The molecule has 88 valence electrons. The van der Waals surface area contributed by atoms with Crippen LogP contribution in [0.1, 0.15) is 55.6 Å². The first-order chi connectivity index (χ1) is 7.84. The largest absolute Gasteiger partial charge is 0.316 e. The number of piperidine rings is 1. The van der Waals surface area contributed by atoms with E-state index in [2.05, 4.69) is 10.4 Å². The van der Waals surface area contributed by atoms with Crippen molar-refractivity contribution < 1.29 is 0 Å². The van der Waals surface area contributed by atoms with E-state index in [4.69, 9.17) is 4.98 Å². The fourth-order valence-electron chi connectivity index (χ4n) is 2.68. The zero-order chi connectivity index (χ0) is 11.0. The third kappa shape index (κ3) is 1.75. The molecule has 2 fully saturated rings. The quantitative estimate of drug-likeness (QED) is 0.822. The highest BCUT2D eigenvalue weighted by Crippen LogP contribution is 2.35. The monoisotopic (exact) mass is 220 g/mol. The van der Waals surface area contributed by atoms with Crippen LogP contribution in [0.5, 0.6) is 0 Å². The fraction of sp³-hybridized carbons (Fsp3) is 0.833. The highest BCUT2D eigenvalue weighted by molar-refractivity contribution is 5.07. The number of hydrogen-bond donors (Lipinski definition) is 1. The molecule has 1 saturated carbocycles. The molecule has 2 aliphatic rings. The number of rotatable bonds is 2. The zero-order valence-electron chi connectivity index (χ0n) is 9.95. The molecular weight excluding hydrogens is 200 g/mol. The molecule has 16 heavy (non-hydrogen) atoms. The molecule has 1 aliphatic carbocycles. The summed E-state index contributed by atoms with van der Waals surface area (Å²) in [4.78, 5) is 4.77. The second kappa shape index (κ2) is 4.17. The van der Waals surface area contributed by atoms with E-state index >= 15 is 0 Å². The number of nitrogens with zero attached hydrogens (tertiary/aromatic N) is 3. The second-order valence-electron chi connectivity index (χ2n) is 5.12. The first kappa shape index (κ1) is 10.3. The van der Waals surface area contributed by atoms with Crippen molar-refractivity contribution in [2.45, 2.75) is 43.9 Å². The Morgan fingerprint density at radius 2 is 2.00 bits per heavy atom. The van der Waals surface area contributed by atoms with E-state index in [1.807, 2.05) is 11.7 Å². The fourth-order valence-corrected chi connectivity index (χ4v) is 2.68. The molecule has 0 aromatic carbocycles. The Labute approximate surface area is 96.4 Å². The molecule has 1 atom stereocenters. The van der Waals surface area contributed by atoms with Gasteiger partial charge in [-0.3, -0.25) is 4.68 Å². The van der Waals surface area contributed by atoms with Crippen molar-refractivity contribution >= 4 is 0 Å². The van der Waals surface area contributed by atoms with Crippen molar-refractivity contribution in [3.05, 3.63) is 11.6 Å². The lowest BCUT2D eigenvalue weighted by Crippen LogP contribution is -2.29. The molecule has 0 bridgehead atoms. The summed E-state index contributed by atoms with van der Waals surface area (Å²) < 4.78 is 2.01. The molecule has 1 unspecified atom stereocenters. The van der Waals surface area contributed by atoms with Gasteiger partial charge in [-0.15, -0.1) is 0 Å². The van der Waals surface area contributed by atoms with Gasteiger partial charge in [0.2, 0.25) is 0 Å². The van der Waals surface area contributed by atoms with Gasteiger partial charge in [0.05, 0.1) is 0 Å². The highest BCUT2D eigenvalue weighted by atomic mass is 15.3. The maximum Gasteiger partial charge on any atom is 0.155 e. The van der Waals surface area contributed by atoms with E-state index in [9.17, 15) is 0 Å². The van der Waals surface area contributed by atoms with E-state index in [-0.39, 0.29) is 0 Å². The average molecular weight is 220 g/mol. The summed E-state index contributed by atoms with van der Waals surface area (Å²) in [5.41, 5.74) is 0. The van der Waals surface area contributed by atoms with E-state index < -0.39 is 0 Å². The van der Waals surface area contributed by atoms with E-state index in [1.165, 1.54) is 37.9 Å². The second-order valence-corrected chi connectivity index (χ2v) is 5.12. The topological polar surface area (TPSA) is 42.7 Å². The van der Waals surface area contributed by atoms with Gasteiger partial charge in [-0.25, -0.2) is 4.98 Å². The zero-order valence-corrected chi connectivity index (χ0v) is 9.95. The Hall–Kier alpha value is -0.900. The van der Waals surface area contributed by atoms with Crippen molar-refractivity contribution in [1.82, 2.24) is 20.1 Å². The molecule has 4 nitrogen and oxygen atoms in total. The summed E-state index contributed by atoms with van der Waals surface area (Å²) in [5, 5.41) is 8.03. The van der Waals surface area contributed by atoms with Crippen molar-refractivity contribution in [2.75, 3.05) is 13.1 Å². The Morgan fingerprint density at radius 3 is 2.62 bits per heavy atom. The van der Waals surface area contributed by atoms with Gasteiger partial charge in [-0.1, -0.05) is 6.42 Å². The van der Waals surface area contributed by atoms with Crippen LogP contribution in [0.2, 0.25) is 0 Å². The van der Waals surface area contributed by atoms with Crippen LogP contribution >= 0.6 is 0 Å². The SMILES string of the molecule is Cn1nc(C2CCCNC2)nc1C1CCC1. The number of aryl methyl sites for hydroxylation is 1. The molecule has 0 amide bonds. The van der Waals surface area contributed by atoms with Crippen LogP contribution in [0, 0.1) is 0 Å². The van der Waals surface area contributed by atoms with Gasteiger partial charge >= 0.3 is 0 Å². The molecule has 0 radical (unpaired) electrons. The molecule has 1 aliphatic heterocycles. The highest BCUT2D eigenvalue weighted by Gasteiger charge is 2.27. The molecule has 1 N–H and O–H groups in total. The van der Waals surface area contributed by atoms with Gasteiger partial charge in [0, 0.05) is 25.4 Å². The maximum absolute atomic E-state index is 4.77. The molecule has 4 heteroatoms. The summed E-state index contributed by atoms with van der Waals surface area (Å²) in [7, 11) is 2.04. The van der Waals surface area contributed by atoms with Crippen molar-refractivity contribution in [3.8, 4) is 0 Å². The van der Waals surface area contributed by atoms with Gasteiger partial charge in [-0.05, 0) is 32.2 Å². The molecule has 3 rings (SSSR count). The summed E-state index contributed by atoms with van der Waals surface area (Å²) in [5.74, 6) is 3.50. The van der Waals surface area contributed by atoms with Gasteiger partial charge in [0.25, 0.3) is 0 Å². The van der Waals surface area contributed by atoms with Crippen LogP contribution in [-0.2, 0) is 7.05 Å². The molecule has 1 aromatic heterocycles. The van der Waals surface area contributed by atoms with E-state index in [0.717, 1.165) is 18.9 Å². The predicted octanol–water partition coefficient (Wildman–Crippen LogP) is 1.55. The van der Waals surface area contributed by atoms with Crippen LogP contribution in [0.4, 0.5) is 0 Å². The van der Waals surface area contributed by atoms with Crippen molar-refractivity contribution in [1.29, 1.82) is 0 Å². The number of nitrogens with one attached hydrogen (secondary N) is 1. The summed E-state index contributed by atoms with van der Waals surface area (Å²) >= 11 is 0. The lowest BCUT2D eigenvalue weighted by atomic mass is 9.85. The molecular formula is C12H20N4. The Bertz CT molecular complexity index is 361. The first-order valence-corrected chi connectivity index (χ1v) is 6.46. The third-order valence-electron chi connectivity index (χ3n) is 3.95. The maximum atomic E-state index is 4.77. The standard InChI is InChI=1S/C12H20N4/c1-16-12(9-4-2-5-9)14-11(15-16)10-6-3-7-13-8-10/h9-10,13H,2-8H2,1H3.